The van der Waals surface area contributed by atoms with E-state index in [2.05, 4.69) is 0 Å². The summed E-state index contributed by atoms with van der Waals surface area (Å²) in [7, 11) is 1.64. The number of nitrogens with two attached hydrogens (primary N) is 1. The van der Waals surface area contributed by atoms with Crippen molar-refractivity contribution >= 4 is 23.4 Å². The number of amides is 3. The molecule has 7 heteroatoms. The topological polar surface area (TPSA) is 104 Å². The third-order valence-electron chi connectivity index (χ3n) is 5.12. The number of aliphatic hydroxyl groups is 1. The van der Waals surface area contributed by atoms with Crippen LogP contribution in [0.25, 0.3) is 0 Å². The maximum atomic E-state index is 13.0. The second-order valence-corrected chi connectivity index (χ2v) is 6.22. The smallest absolute Gasteiger partial charge is 0.253 e. The number of benzene rings is 1. The van der Waals surface area contributed by atoms with Crippen molar-refractivity contribution in [2.24, 2.45) is 11.7 Å². The molecule has 0 radical (unpaired) electrons. The fraction of sp³-hybridized carbons (Fsp3) is 0.438. The molecule has 0 saturated carbocycles. The van der Waals surface area contributed by atoms with Crippen LogP contribution in [0, 0.1) is 5.92 Å². The lowest BCUT2D eigenvalue weighted by Crippen LogP contribution is -2.61. The van der Waals surface area contributed by atoms with Gasteiger partial charge in [-0.25, -0.2) is 0 Å². The first-order chi connectivity index (χ1) is 10.8. The number of carbonyl (C=O) groups excluding carboxylic acids is 3. The van der Waals surface area contributed by atoms with Crippen molar-refractivity contribution in [3.8, 4) is 0 Å². The summed E-state index contributed by atoms with van der Waals surface area (Å²) in [6.07, 6.45) is 0. The lowest BCUT2D eigenvalue weighted by Gasteiger charge is -2.45. The van der Waals surface area contributed by atoms with Gasteiger partial charge in [0.1, 0.15) is 12.1 Å². The summed E-state index contributed by atoms with van der Waals surface area (Å²) in [6.45, 7) is 0.958. The Morgan fingerprint density at radius 2 is 2.04 bits per heavy atom. The number of aliphatic hydroxyl groups excluding tert-OH is 1. The predicted molar refractivity (Wildman–Crippen MR) is 82.5 cm³/mol. The van der Waals surface area contributed by atoms with Crippen molar-refractivity contribution in [1.29, 1.82) is 0 Å². The highest BCUT2D eigenvalue weighted by molar-refractivity contribution is 6.07. The monoisotopic (exact) mass is 317 g/mol. The van der Waals surface area contributed by atoms with E-state index in [1.165, 1.54) is 9.80 Å². The molecule has 2 heterocycles. The first-order valence-electron chi connectivity index (χ1n) is 7.41. The van der Waals surface area contributed by atoms with Gasteiger partial charge in [-0.1, -0.05) is 18.2 Å². The van der Waals surface area contributed by atoms with Gasteiger partial charge in [0, 0.05) is 25.2 Å². The summed E-state index contributed by atoms with van der Waals surface area (Å²) < 4.78 is 0. The number of fused-ring (bicyclic) bond motifs is 3. The van der Waals surface area contributed by atoms with Gasteiger partial charge in [0.25, 0.3) is 5.91 Å². The predicted octanol–water partition coefficient (Wildman–Crippen LogP) is -0.559. The molecule has 23 heavy (non-hydrogen) atoms. The van der Waals surface area contributed by atoms with E-state index < -0.39 is 35.8 Å². The van der Waals surface area contributed by atoms with Gasteiger partial charge in [0.15, 0.2) is 0 Å². The number of primary amides is 1. The maximum absolute atomic E-state index is 13.0. The van der Waals surface area contributed by atoms with Crippen molar-refractivity contribution in [3.63, 3.8) is 0 Å². The largest absolute Gasteiger partial charge is 0.387 e. The Balaban J connectivity index is 2.24. The van der Waals surface area contributed by atoms with Gasteiger partial charge in [0.05, 0.1) is 5.92 Å². The van der Waals surface area contributed by atoms with Gasteiger partial charge in [-0.15, -0.1) is 0 Å². The Kier molecular flexibility index (Phi) is 3.40. The lowest BCUT2D eigenvalue weighted by atomic mass is 9.72. The maximum Gasteiger partial charge on any atom is 0.253 e. The van der Waals surface area contributed by atoms with Gasteiger partial charge in [-0.3, -0.25) is 14.4 Å². The quantitative estimate of drug-likeness (QED) is 0.763. The molecule has 3 atom stereocenters. The van der Waals surface area contributed by atoms with Crippen LogP contribution in [0.5, 0.6) is 0 Å². The minimum atomic E-state index is -1.23. The molecule has 3 amide bonds. The van der Waals surface area contributed by atoms with E-state index in [-0.39, 0.29) is 12.5 Å². The summed E-state index contributed by atoms with van der Waals surface area (Å²) >= 11 is 0. The fourth-order valence-electron chi connectivity index (χ4n) is 4.02. The van der Waals surface area contributed by atoms with Crippen LogP contribution < -0.4 is 10.6 Å². The van der Waals surface area contributed by atoms with E-state index in [0.29, 0.717) is 5.69 Å². The number of hydrogen-bond donors (Lipinski definition) is 2. The SMILES string of the molecule is CN1C(=O)[C@]2(C)[C@H](c3ccccc31)[C@@H](C(N)=O)CN2C(=O)CO. The van der Waals surface area contributed by atoms with Crippen LogP contribution in [0.15, 0.2) is 24.3 Å². The highest BCUT2D eigenvalue weighted by Gasteiger charge is 2.62. The molecule has 1 aromatic rings. The number of nitrogens with zero attached hydrogens (tertiary/aromatic N) is 2. The van der Waals surface area contributed by atoms with E-state index in [9.17, 15) is 19.5 Å². The van der Waals surface area contributed by atoms with Gasteiger partial charge >= 0.3 is 0 Å². The third-order valence-corrected chi connectivity index (χ3v) is 5.12. The molecule has 0 aliphatic carbocycles. The number of hydrogen-bond acceptors (Lipinski definition) is 4. The molecule has 3 rings (SSSR count). The summed E-state index contributed by atoms with van der Waals surface area (Å²) in [6, 6.07) is 7.30. The summed E-state index contributed by atoms with van der Waals surface area (Å²) in [5.41, 5.74) is 5.83. The van der Waals surface area contributed by atoms with E-state index in [1.807, 2.05) is 18.2 Å². The summed E-state index contributed by atoms with van der Waals surface area (Å²) in [5.74, 6) is -2.61. The van der Waals surface area contributed by atoms with Crippen molar-refractivity contribution in [3.05, 3.63) is 29.8 Å². The van der Waals surface area contributed by atoms with E-state index >= 15 is 0 Å². The van der Waals surface area contributed by atoms with Crippen LogP contribution in [0.2, 0.25) is 0 Å². The Bertz CT molecular complexity index is 704. The molecule has 122 valence electrons. The molecule has 0 spiro atoms. The molecule has 7 nitrogen and oxygen atoms in total. The Morgan fingerprint density at radius 1 is 1.39 bits per heavy atom. The van der Waals surface area contributed by atoms with Crippen LogP contribution in [0.3, 0.4) is 0 Å². The molecule has 3 N–H and O–H groups in total. The number of rotatable bonds is 2. The second kappa shape index (κ2) is 5.06. The average molecular weight is 317 g/mol. The summed E-state index contributed by atoms with van der Waals surface area (Å²) in [4.78, 5) is 39.9. The van der Waals surface area contributed by atoms with E-state index in [1.54, 1.807) is 20.0 Å². The van der Waals surface area contributed by atoms with Gasteiger partial charge in [0.2, 0.25) is 11.8 Å². The number of anilines is 1. The zero-order valence-corrected chi connectivity index (χ0v) is 13.0. The molecule has 0 unspecified atom stereocenters. The summed E-state index contributed by atoms with van der Waals surface area (Å²) in [5, 5.41) is 9.24. The van der Waals surface area contributed by atoms with Gasteiger partial charge in [-0.2, -0.15) is 0 Å². The Hall–Kier alpha value is -2.41. The second-order valence-electron chi connectivity index (χ2n) is 6.22. The number of carbonyl (C=O) groups is 3. The van der Waals surface area contributed by atoms with Crippen molar-refractivity contribution in [1.82, 2.24) is 4.90 Å². The molecule has 1 fully saturated rings. The molecule has 0 bridgehead atoms. The third kappa shape index (κ3) is 1.89. The average Bonchev–Trinajstić information content (AvgIpc) is 2.87. The standard InChI is InChI=1S/C16H19N3O4/c1-16-13(10(14(17)22)7-19(16)12(21)8-20)9-5-3-4-6-11(9)18(2)15(16)23/h3-6,10,13,20H,7-8H2,1-2H3,(H2,17,22)/t10-,13+,16-/m0/s1. The highest BCUT2D eigenvalue weighted by Crippen LogP contribution is 2.52. The number of para-hydroxylation sites is 1. The molecule has 1 saturated heterocycles. The van der Waals surface area contributed by atoms with Crippen molar-refractivity contribution in [2.75, 3.05) is 25.1 Å². The zero-order chi connectivity index (χ0) is 16.9. The van der Waals surface area contributed by atoms with E-state index in [4.69, 9.17) is 5.73 Å². The zero-order valence-electron chi connectivity index (χ0n) is 13.0. The fourth-order valence-corrected chi connectivity index (χ4v) is 4.02. The van der Waals surface area contributed by atoms with Crippen LogP contribution in [0.1, 0.15) is 18.4 Å². The lowest BCUT2D eigenvalue weighted by molar-refractivity contribution is -0.145. The van der Waals surface area contributed by atoms with Crippen molar-refractivity contribution in [2.45, 2.75) is 18.4 Å². The normalized spacial score (nSPS) is 29.3. The first-order valence-corrected chi connectivity index (χ1v) is 7.41. The molecule has 0 aromatic heterocycles. The van der Waals surface area contributed by atoms with Gasteiger partial charge in [-0.05, 0) is 18.6 Å². The van der Waals surface area contributed by atoms with Crippen LogP contribution in [0.4, 0.5) is 5.69 Å². The molecule has 1 aromatic carbocycles. The molecular formula is C16H19N3O4. The Labute approximate surface area is 133 Å². The minimum absolute atomic E-state index is 0.0316. The van der Waals surface area contributed by atoms with Crippen LogP contribution in [-0.4, -0.2) is 53.5 Å². The number of likely N-dealkylation sites (tertiary alicyclic amines) is 1. The van der Waals surface area contributed by atoms with E-state index in [0.717, 1.165) is 5.56 Å². The minimum Gasteiger partial charge on any atom is -0.387 e. The van der Waals surface area contributed by atoms with Crippen LogP contribution >= 0.6 is 0 Å². The number of likely N-dealkylation sites (N-methyl/N-ethyl adjacent to an activating group) is 1. The molecular weight excluding hydrogens is 298 g/mol. The highest BCUT2D eigenvalue weighted by atomic mass is 16.3. The van der Waals surface area contributed by atoms with Crippen molar-refractivity contribution < 1.29 is 19.5 Å². The Morgan fingerprint density at radius 3 is 2.65 bits per heavy atom. The first kappa shape index (κ1) is 15.5. The molecule has 2 aliphatic rings. The van der Waals surface area contributed by atoms with Gasteiger partial charge < -0.3 is 20.6 Å². The van der Waals surface area contributed by atoms with Crippen LogP contribution in [-0.2, 0) is 14.4 Å². The molecule has 2 aliphatic heterocycles.